The minimum atomic E-state index is -1.66. The lowest BCUT2D eigenvalue weighted by Crippen LogP contribution is -2.51. The molecule has 144 valence electrons. The maximum Gasteiger partial charge on any atom is 0.243 e. The third-order valence-electron chi connectivity index (χ3n) is 4.56. The highest BCUT2D eigenvalue weighted by molar-refractivity contribution is 5.95. The first kappa shape index (κ1) is 20.2. The van der Waals surface area contributed by atoms with Crippen molar-refractivity contribution in [3.8, 4) is 0 Å². The average Bonchev–Trinajstić information content (AvgIpc) is 2.58. The van der Waals surface area contributed by atoms with E-state index in [0.717, 1.165) is 25.6 Å². The van der Waals surface area contributed by atoms with E-state index in [1.54, 1.807) is 6.92 Å². The van der Waals surface area contributed by atoms with E-state index in [9.17, 15) is 22.8 Å². The first-order valence-corrected chi connectivity index (χ1v) is 8.64. The lowest BCUT2D eigenvalue weighted by atomic mass is 9.91. The third kappa shape index (κ3) is 4.97. The summed E-state index contributed by atoms with van der Waals surface area (Å²) in [4.78, 5) is 26.2. The van der Waals surface area contributed by atoms with Gasteiger partial charge in [0.15, 0.2) is 17.5 Å². The number of hydrogen-bond acceptors (Lipinski definition) is 3. The number of benzene rings is 1. The van der Waals surface area contributed by atoms with Gasteiger partial charge in [-0.2, -0.15) is 0 Å². The topological polar surface area (TPSA) is 61.4 Å². The quantitative estimate of drug-likeness (QED) is 0.782. The monoisotopic (exact) mass is 371 g/mol. The molecule has 3 atom stereocenters. The predicted octanol–water partition coefficient (Wildman–Crippen LogP) is 2.53. The van der Waals surface area contributed by atoms with Gasteiger partial charge in [-0.1, -0.05) is 13.8 Å². The normalized spacial score (nSPS) is 21.9. The van der Waals surface area contributed by atoms with Crippen molar-refractivity contribution in [2.24, 2.45) is 11.8 Å². The number of amides is 2. The van der Waals surface area contributed by atoms with Crippen molar-refractivity contribution in [2.75, 3.05) is 25.0 Å². The van der Waals surface area contributed by atoms with E-state index in [4.69, 9.17) is 0 Å². The number of anilines is 1. The third-order valence-corrected chi connectivity index (χ3v) is 4.56. The summed E-state index contributed by atoms with van der Waals surface area (Å²) in [5.74, 6) is -4.53. The summed E-state index contributed by atoms with van der Waals surface area (Å²) in [6.07, 6.45) is 1.12. The Balaban J connectivity index is 1.87. The Hall–Kier alpha value is -2.09. The van der Waals surface area contributed by atoms with Crippen LogP contribution in [0.15, 0.2) is 12.1 Å². The number of piperidine rings is 1. The van der Waals surface area contributed by atoms with Crippen LogP contribution in [0.5, 0.6) is 0 Å². The van der Waals surface area contributed by atoms with Crippen molar-refractivity contribution >= 4 is 17.5 Å². The fourth-order valence-electron chi connectivity index (χ4n) is 3.33. The minimum Gasteiger partial charge on any atom is -0.346 e. The molecule has 0 aromatic heterocycles. The lowest BCUT2D eigenvalue weighted by molar-refractivity contribution is -0.128. The maximum absolute atomic E-state index is 13.5. The van der Waals surface area contributed by atoms with Gasteiger partial charge in [0.1, 0.15) is 0 Å². The summed E-state index contributed by atoms with van der Waals surface area (Å²) >= 11 is 0. The molecule has 2 rings (SSSR count). The zero-order chi connectivity index (χ0) is 19.4. The van der Waals surface area contributed by atoms with E-state index < -0.39 is 35.1 Å². The van der Waals surface area contributed by atoms with E-state index in [2.05, 4.69) is 29.4 Å². The number of hydrogen-bond donors (Lipinski definition) is 2. The van der Waals surface area contributed by atoms with E-state index in [0.29, 0.717) is 17.9 Å². The predicted molar refractivity (Wildman–Crippen MR) is 91.9 cm³/mol. The lowest BCUT2D eigenvalue weighted by Gasteiger charge is -2.38. The molecule has 1 aromatic carbocycles. The first-order valence-electron chi connectivity index (χ1n) is 8.64. The van der Waals surface area contributed by atoms with Gasteiger partial charge < -0.3 is 10.6 Å². The second-order valence-corrected chi connectivity index (χ2v) is 7.06. The van der Waals surface area contributed by atoms with Crippen molar-refractivity contribution in [1.29, 1.82) is 0 Å². The van der Waals surface area contributed by atoms with Crippen molar-refractivity contribution in [1.82, 2.24) is 10.2 Å². The Morgan fingerprint density at radius 3 is 2.38 bits per heavy atom. The zero-order valence-electron chi connectivity index (χ0n) is 15.1. The van der Waals surface area contributed by atoms with Gasteiger partial charge in [-0.05, 0) is 37.3 Å². The highest BCUT2D eigenvalue weighted by atomic mass is 19.2. The summed E-state index contributed by atoms with van der Waals surface area (Å²) in [6.45, 7) is 7.28. The minimum absolute atomic E-state index is 0.313. The molecular weight excluding hydrogens is 347 g/mol. The van der Waals surface area contributed by atoms with Crippen LogP contribution in [0.3, 0.4) is 0 Å². The SMILES string of the molecule is CC1CC(C)CN(C(C)C(=O)NCC(=O)Nc2ccc(F)c(F)c2F)C1. The number of carbonyl (C=O) groups is 2. The van der Waals surface area contributed by atoms with Crippen molar-refractivity contribution in [2.45, 2.75) is 33.2 Å². The number of rotatable bonds is 5. The van der Waals surface area contributed by atoms with Gasteiger partial charge in [0, 0.05) is 13.1 Å². The molecule has 5 nitrogen and oxygen atoms in total. The molecule has 0 spiro atoms. The van der Waals surface area contributed by atoms with Crippen LogP contribution >= 0.6 is 0 Å². The van der Waals surface area contributed by atoms with Crippen LogP contribution in [0.4, 0.5) is 18.9 Å². The van der Waals surface area contributed by atoms with Gasteiger partial charge >= 0.3 is 0 Å². The van der Waals surface area contributed by atoms with Gasteiger partial charge in [0.25, 0.3) is 0 Å². The number of halogens is 3. The number of likely N-dealkylation sites (tertiary alicyclic amines) is 1. The molecule has 1 aromatic rings. The largest absolute Gasteiger partial charge is 0.346 e. The zero-order valence-corrected chi connectivity index (χ0v) is 15.1. The fourth-order valence-corrected chi connectivity index (χ4v) is 3.33. The van der Waals surface area contributed by atoms with Crippen LogP contribution in [0.2, 0.25) is 0 Å². The number of nitrogens with one attached hydrogen (secondary N) is 2. The van der Waals surface area contributed by atoms with Crippen LogP contribution < -0.4 is 10.6 Å². The Bertz CT molecular complexity index is 674. The van der Waals surface area contributed by atoms with Crippen molar-refractivity contribution in [3.63, 3.8) is 0 Å². The molecule has 26 heavy (non-hydrogen) atoms. The molecule has 0 bridgehead atoms. The summed E-state index contributed by atoms with van der Waals surface area (Å²) in [5.41, 5.74) is -0.477. The Morgan fingerprint density at radius 2 is 1.77 bits per heavy atom. The summed E-state index contributed by atoms with van der Waals surface area (Å²) in [6, 6.07) is 1.24. The molecule has 8 heteroatoms. The van der Waals surface area contributed by atoms with Crippen LogP contribution in [0.25, 0.3) is 0 Å². The molecule has 3 unspecified atom stereocenters. The maximum atomic E-state index is 13.5. The van der Waals surface area contributed by atoms with E-state index in [1.165, 1.54) is 0 Å². The molecular formula is C18H24F3N3O2. The Labute approximate surface area is 150 Å². The summed E-state index contributed by atoms with van der Waals surface area (Å²) in [5, 5.41) is 4.61. The van der Waals surface area contributed by atoms with Crippen LogP contribution in [-0.4, -0.2) is 42.4 Å². The van der Waals surface area contributed by atoms with E-state index >= 15 is 0 Å². The van der Waals surface area contributed by atoms with Crippen molar-refractivity contribution in [3.05, 3.63) is 29.6 Å². The average molecular weight is 371 g/mol. The van der Waals surface area contributed by atoms with Gasteiger partial charge in [-0.25, -0.2) is 13.2 Å². The fraction of sp³-hybridized carbons (Fsp3) is 0.556. The molecule has 2 amide bonds. The molecule has 1 aliphatic heterocycles. The first-order chi connectivity index (χ1) is 12.2. The highest BCUT2D eigenvalue weighted by Gasteiger charge is 2.28. The number of nitrogens with zero attached hydrogens (tertiary/aromatic N) is 1. The molecule has 0 aliphatic carbocycles. The molecule has 1 aliphatic rings. The van der Waals surface area contributed by atoms with E-state index in [-0.39, 0.29) is 12.5 Å². The van der Waals surface area contributed by atoms with E-state index in [1.807, 2.05) is 0 Å². The standard InChI is InChI=1S/C18H24F3N3O2/c1-10-6-11(2)9-24(8-10)12(3)18(26)22-7-15(25)23-14-5-4-13(19)16(20)17(14)21/h4-5,10-12H,6-9H2,1-3H3,(H,22,26)(H,23,25). The molecule has 1 saturated heterocycles. The Morgan fingerprint density at radius 1 is 1.15 bits per heavy atom. The van der Waals surface area contributed by atoms with Crippen molar-refractivity contribution < 1.29 is 22.8 Å². The summed E-state index contributed by atoms with van der Waals surface area (Å²) < 4.78 is 39.6. The second kappa shape index (κ2) is 8.53. The smallest absolute Gasteiger partial charge is 0.243 e. The van der Waals surface area contributed by atoms with Crippen LogP contribution in [-0.2, 0) is 9.59 Å². The number of carbonyl (C=O) groups excluding carboxylic acids is 2. The molecule has 2 N–H and O–H groups in total. The molecule has 0 radical (unpaired) electrons. The second-order valence-electron chi connectivity index (χ2n) is 7.06. The molecule has 1 fully saturated rings. The van der Waals surface area contributed by atoms with Crippen LogP contribution in [0.1, 0.15) is 27.2 Å². The van der Waals surface area contributed by atoms with Gasteiger partial charge in [-0.15, -0.1) is 0 Å². The van der Waals surface area contributed by atoms with Crippen LogP contribution in [0, 0.1) is 29.3 Å². The molecule has 1 heterocycles. The molecule has 0 saturated carbocycles. The van der Waals surface area contributed by atoms with Gasteiger partial charge in [-0.3, -0.25) is 14.5 Å². The summed E-state index contributed by atoms with van der Waals surface area (Å²) in [7, 11) is 0. The van der Waals surface area contributed by atoms with Gasteiger partial charge in [0.05, 0.1) is 18.3 Å². The van der Waals surface area contributed by atoms with Gasteiger partial charge in [0.2, 0.25) is 11.8 Å². The highest BCUT2D eigenvalue weighted by Crippen LogP contribution is 2.22. The Kier molecular flexibility index (Phi) is 6.63.